The number of anilines is 1. The van der Waals surface area contributed by atoms with Gasteiger partial charge in [-0.3, -0.25) is 0 Å². The maximum absolute atomic E-state index is 4.37. The minimum Gasteiger partial charge on any atom is -0.378 e. The smallest absolute Gasteiger partial charge is 0.176 e. The molecule has 19 heavy (non-hydrogen) atoms. The first-order valence-electron chi connectivity index (χ1n) is 6.16. The van der Waals surface area contributed by atoms with Gasteiger partial charge < -0.3 is 5.32 Å². The molecule has 0 fully saturated rings. The van der Waals surface area contributed by atoms with Crippen molar-refractivity contribution in [3.63, 3.8) is 0 Å². The summed E-state index contributed by atoms with van der Waals surface area (Å²) in [6.07, 6.45) is 5.40. The molecule has 0 atom stereocenters. The van der Waals surface area contributed by atoms with Crippen molar-refractivity contribution in [2.45, 2.75) is 6.54 Å². The molecule has 94 valence electrons. The molecule has 0 unspecified atom stereocenters. The number of nitrogens with one attached hydrogen (secondary N) is 1. The van der Waals surface area contributed by atoms with E-state index in [1.54, 1.807) is 17.1 Å². The molecule has 0 bridgehead atoms. The number of benzene rings is 1. The first-order chi connectivity index (χ1) is 9.43. The third kappa shape index (κ3) is 2.63. The SMILES string of the molecule is c1ccc(CNc2cccnc2-n2cccn2)cc1. The average Bonchev–Trinajstić information content (AvgIpc) is 3.01. The van der Waals surface area contributed by atoms with Crippen LogP contribution in [0.15, 0.2) is 67.1 Å². The Labute approximate surface area is 111 Å². The molecule has 0 saturated carbocycles. The Morgan fingerprint density at radius 1 is 0.947 bits per heavy atom. The minimum absolute atomic E-state index is 0.765. The third-order valence-electron chi connectivity index (χ3n) is 2.83. The Kier molecular flexibility index (Phi) is 3.23. The Hall–Kier alpha value is -2.62. The summed E-state index contributed by atoms with van der Waals surface area (Å²) in [5, 5.41) is 7.61. The predicted octanol–water partition coefficient (Wildman–Crippen LogP) is 2.88. The molecule has 3 aromatic rings. The van der Waals surface area contributed by atoms with Crippen molar-refractivity contribution in [2.75, 3.05) is 5.32 Å². The van der Waals surface area contributed by atoms with Crippen LogP contribution in [0.2, 0.25) is 0 Å². The van der Waals surface area contributed by atoms with Crippen molar-refractivity contribution in [1.82, 2.24) is 14.8 Å². The van der Waals surface area contributed by atoms with Gasteiger partial charge in [0.1, 0.15) is 0 Å². The fourth-order valence-electron chi connectivity index (χ4n) is 1.90. The zero-order valence-electron chi connectivity index (χ0n) is 10.4. The summed E-state index contributed by atoms with van der Waals surface area (Å²) in [7, 11) is 0. The maximum Gasteiger partial charge on any atom is 0.176 e. The van der Waals surface area contributed by atoms with Gasteiger partial charge >= 0.3 is 0 Å². The number of hydrogen-bond donors (Lipinski definition) is 1. The molecule has 3 rings (SSSR count). The van der Waals surface area contributed by atoms with Crippen LogP contribution < -0.4 is 5.32 Å². The zero-order valence-corrected chi connectivity index (χ0v) is 10.4. The molecular formula is C15H14N4. The quantitative estimate of drug-likeness (QED) is 0.774. The first-order valence-corrected chi connectivity index (χ1v) is 6.16. The van der Waals surface area contributed by atoms with Crippen LogP contribution in [0.4, 0.5) is 5.69 Å². The zero-order chi connectivity index (χ0) is 12.9. The van der Waals surface area contributed by atoms with E-state index >= 15 is 0 Å². The largest absolute Gasteiger partial charge is 0.378 e. The Morgan fingerprint density at radius 3 is 2.63 bits per heavy atom. The van der Waals surface area contributed by atoms with E-state index in [1.807, 2.05) is 42.6 Å². The third-order valence-corrected chi connectivity index (χ3v) is 2.83. The molecular weight excluding hydrogens is 236 g/mol. The van der Waals surface area contributed by atoms with Crippen LogP contribution in [0.1, 0.15) is 5.56 Å². The summed E-state index contributed by atoms with van der Waals surface area (Å²) in [5.41, 5.74) is 2.20. The molecule has 0 amide bonds. The highest BCUT2D eigenvalue weighted by molar-refractivity contribution is 5.56. The Bertz CT molecular complexity index is 632. The molecule has 0 aliphatic rings. The minimum atomic E-state index is 0.765. The fourth-order valence-corrected chi connectivity index (χ4v) is 1.90. The lowest BCUT2D eigenvalue weighted by Crippen LogP contribution is -2.06. The molecule has 4 nitrogen and oxygen atoms in total. The molecule has 1 aromatic carbocycles. The van der Waals surface area contributed by atoms with Crippen LogP contribution in [0.5, 0.6) is 0 Å². The van der Waals surface area contributed by atoms with Gasteiger partial charge in [-0.2, -0.15) is 5.10 Å². The normalized spacial score (nSPS) is 10.3. The van der Waals surface area contributed by atoms with Crippen molar-refractivity contribution in [3.05, 3.63) is 72.7 Å². The molecule has 2 heterocycles. The molecule has 1 N–H and O–H groups in total. The Balaban J connectivity index is 1.82. The van der Waals surface area contributed by atoms with Crippen molar-refractivity contribution in [2.24, 2.45) is 0 Å². The van der Waals surface area contributed by atoms with E-state index in [1.165, 1.54) is 5.56 Å². The van der Waals surface area contributed by atoms with E-state index in [-0.39, 0.29) is 0 Å². The van der Waals surface area contributed by atoms with E-state index in [0.29, 0.717) is 0 Å². The summed E-state index contributed by atoms with van der Waals surface area (Å²) in [5.74, 6) is 0.809. The van der Waals surface area contributed by atoms with Crippen molar-refractivity contribution < 1.29 is 0 Å². The second-order valence-corrected chi connectivity index (χ2v) is 4.16. The summed E-state index contributed by atoms with van der Waals surface area (Å²) in [6, 6.07) is 16.1. The van der Waals surface area contributed by atoms with Gasteiger partial charge in [0, 0.05) is 25.1 Å². The summed E-state index contributed by atoms with van der Waals surface area (Å²) in [4.78, 5) is 4.37. The standard InChI is InChI=1S/C15H14N4/c1-2-6-13(7-3-1)12-17-14-8-4-9-16-15(14)19-11-5-10-18-19/h1-11,17H,12H2. The lowest BCUT2D eigenvalue weighted by atomic mass is 10.2. The van der Waals surface area contributed by atoms with Gasteiger partial charge in [0.05, 0.1) is 5.69 Å². The highest BCUT2D eigenvalue weighted by Crippen LogP contribution is 2.17. The van der Waals surface area contributed by atoms with Gasteiger partial charge in [0.15, 0.2) is 5.82 Å². The van der Waals surface area contributed by atoms with E-state index in [9.17, 15) is 0 Å². The molecule has 0 radical (unpaired) electrons. The predicted molar refractivity (Wildman–Crippen MR) is 75.1 cm³/mol. The number of rotatable bonds is 4. The van der Waals surface area contributed by atoms with E-state index in [4.69, 9.17) is 0 Å². The molecule has 4 heteroatoms. The molecule has 0 aliphatic carbocycles. The Morgan fingerprint density at radius 2 is 1.84 bits per heavy atom. The van der Waals surface area contributed by atoms with Crippen LogP contribution in [-0.2, 0) is 6.54 Å². The average molecular weight is 250 g/mol. The van der Waals surface area contributed by atoms with Crippen molar-refractivity contribution >= 4 is 5.69 Å². The van der Waals surface area contributed by atoms with E-state index in [2.05, 4.69) is 27.5 Å². The second-order valence-electron chi connectivity index (χ2n) is 4.16. The number of nitrogens with zero attached hydrogens (tertiary/aromatic N) is 3. The van der Waals surface area contributed by atoms with Crippen LogP contribution >= 0.6 is 0 Å². The molecule has 2 aromatic heterocycles. The number of hydrogen-bond acceptors (Lipinski definition) is 3. The van der Waals surface area contributed by atoms with Gasteiger partial charge in [0.25, 0.3) is 0 Å². The molecule has 0 saturated heterocycles. The first kappa shape index (κ1) is 11.5. The van der Waals surface area contributed by atoms with Gasteiger partial charge in [-0.25, -0.2) is 9.67 Å². The molecule has 0 aliphatic heterocycles. The van der Waals surface area contributed by atoms with Gasteiger partial charge in [-0.15, -0.1) is 0 Å². The second kappa shape index (κ2) is 5.35. The van der Waals surface area contributed by atoms with Gasteiger partial charge in [0.2, 0.25) is 0 Å². The summed E-state index contributed by atoms with van der Waals surface area (Å²) in [6.45, 7) is 0.765. The lowest BCUT2D eigenvalue weighted by Gasteiger charge is -2.10. The topological polar surface area (TPSA) is 42.7 Å². The van der Waals surface area contributed by atoms with Crippen LogP contribution in [0.25, 0.3) is 5.82 Å². The fraction of sp³-hybridized carbons (Fsp3) is 0.0667. The van der Waals surface area contributed by atoms with Crippen molar-refractivity contribution in [3.8, 4) is 5.82 Å². The molecule has 0 spiro atoms. The van der Waals surface area contributed by atoms with Crippen LogP contribution in [-0.4, -0.2) is 14.8 Å². The number of pyridine rings is 1. The van der Waals surface area contributed by atoms with Gasteiger partial charge in [-0.1, -0.05) is 30.3 Å². The highest BCUT2D eigenvalue weighted by atomic mass is 15.3. The summed E-state index contributed by atoms with van der Waals surface area (Å²) < 4.78 is 1.76. The van der Waals surface area contributed by atoms with Crippen LogP contribution in [0, 0.1) is 0 Å². The van der Waals surface area contributed by atoms with Crippen molar-refractivity contribution in [1.29, 1.82) is 0 Å². The number of aromatic nitrogens is 3. The van der Waals surface area contributed by atoms with E-state index in [0.717, 1.165) is 18.1 Å². The highest BCUT2D eigenvalue weighted by Gasteiger charge is 2.05. The lowest BCUT2D eigenvalue weighted by molar-refractivity contribution is 0.846. The van der Waals surface area contributed by atoms with E-state index < -0.39 is 0 Å². The van der Waals surface area contributed by atoms with Gasteiger partial charge in [-0.05, 0) is 23.8 Å². The monoisotopic (exact) mass is 250 g/mol. The maximum atomic E-state index is 4.37. The summed E-state index contributed by atoms with van der Waals surface area (Å²) >= 11 is 0. The van der Waals surface area contributed by atoms with Crippen LogP contribution in [0.3, 0.4) is 0 Å².